The van der Waals surface area contributed by atoms with Crippen LogP contribution >= 0.6 is 11.3 Å². The Labute approximate surface area is 146 Å². The molecular weight excluding hydrogens is 324 g/mol. The van der Waals surface area contributed by atoms with Gasteiger partial charge in [-0.2, -0.15) is 0 Å². The molecule has 1 aromatic carbocycles. The van der Waals surface area contributed by atoms with E-state index in [4.69, 9.17) is 5.11 Å². The van der Waals surface area contributed by atoms with Crippen molar-refractivity contribution in [2.45, 2.75) is 39.7 Å². The molecule has 1 heterocycles. The molecule has 0 saturated heterocycles. The van der Waals surface area contributed by atoms with Gasteiger partial charge in [0.05, 0.1) is 22.3 Å². The van der Waals surface area contributed by atoms with Crippen LogP contribution in [0, 0.1) is 13.8 Å². The molecule has 6 heteroatoms. The Morgan fingerprint density at radius 1 is 1.25 bits per heavy atom. The van der Waals surface area contributed by atoms with Gasteiger partial charge in [0.15, 0.2) is 0 Å². The van der Waals surface area contributed by atoms with Gasteiger partial charge in [0, 0.05) is 18.3 Å². The summed E-state index contributed by atoms with van der Waals surface area (Å²) in [5.74, 6) is -0.878. The van der Waals surface area contributed by atoms with Crippen LogP contribution in [0.4, 0.5) is 0 Å². The molecule has 0 saturated carbocycles. The second-order valence-corrected chi connectivity index (χ2v) is 7.10. The van der Waals surface area contributed by atoms with E-state index in [-0.39, 0.29) is 17.5 Å². The summed E-state index contributed by atoms with van der Waals surface area (Å²) in [6, 6.07) is 6.65. The third-order valence-corrected chi connectivity index (χ3v) is 5.36. The zero-order chi connectivity index (χ0) is 17.9. The first-order chi connectivity index (χ1) is 11.3. The highest BCUT2D eigenvalue weighted by molar-refractivity contribution is 7.11. The van der Waals surface area contributed by atoms with Gasteiger partial charge < -0.3 is 10.0 Å². The van der Waals surface area contributed by atoms with Crippen LogP contribution in [0.1, 0.15) is 50.9 Å². The lowest BCUT2D eigenvalue weighted by Crippen LogP contribution is -2.29. The van der Waals surface area contributed by atoms with Crippen molar-refractivity contribution in [3.63, 3.8) is 0 Å². The molecule has 1 atom stereocenters. The molecule has 1 amide bonds. The smallest absolute Gasteiger partial charge is 0.335 e. The first-order valence-electron chi connectivity index (χ1n) is 7.81. The van der Waals surface area contributed by atoms with Crippen molar-refractivity contribution >= 4 is 23.2 Å². The van der Waals surface area contributed by atoms with Crippen LogP contribution in [0.25, 0.3) is 0 Å². The molecule has 0 aliphatic carbocycles. The standard InChI is InChI=1S/C18H22N2O3S/c1-11-17(24-13(3)19-11)12(2)20(4)16(21)10-7-14-5-8-15(9-6-14)18(22)23/h5-6,8-9,12H,7,10H2,1-4H3,(H,22,23). The molecule has 1 aromatic heterocycles. The number of carboxylic acids is 1. The largest absolute Gasteiger partial charge is 0.478 e. The fraction of sp³-hybridized carbons (Fsp3) is 0.389. The molecule has 0 bridgehead atoms. The van der Waals surface area contributed by atoms with Crippen LogP contribution < -0.4 is 0 Å². The van der Waals surface area contributed by atoms with Crippen LogP contribution in [0.5, 0.6) is 0 Å². The van der Waals surface area contributed by atoms with Crippen molar-refractivity contribution in [3.8, 4) is 0 Å². The average Bonchev–Trinajstić information content (AvgIpc) is 2.89. The van der Waals surface area contributed by atoms with Gasteiger partial charge in [0.2, 0.25) is 5.91 Å². The minimum absolute atomic E-state index is 0.00177. The van der Waals surface area contributed by atoms with Gasteiger partial charge in [0.25, 0.3) is 0 Å². The summed E-state index contributed by atoms with van der Waals surface area (Å²) in [5.41, 5.74) is 2.19. The number of nitrogens with zero attached hydrogens (tertiary/aromatic N) is 2. The average molecular weight is 346 g/mol. The van der Waals surface area contributed by atoms with Crippen molar-refractivity contribution in [2.24, 2.45) is 0 Å². The molecule has 2 aromatic rings. The molecule has 1 unspecified atom stereocenters. The molecule has 24 heavy (non-hydrogen) atoms. The van der Waals surface area contributed by atoms with E-state index in [2.05, 4.69) is 4.98 Å². The molecule has 0 spiro atoms. The molecule has 128 valence electrons. The molecular formula is C18H22N2O3S. The van der Waals surface area contributed by atoms with E-state index in [1.54, 1.807) is 40.5 Å². The summed E-state index contributed by atoms with van der Waals surface area (Å²) in [4.78, 5) is 30.6. The number of hydrogen-bond acceptors (Lipinski definition) is 4. The number of hydrogen-bond donors (Lipinski definition) is 1. The fourth-order valence-electron chi connectivity index (χ4n) is 2.57. The van der Waals surface area contributed by atoms with Gasteiger partial charge in [-0.1, -0.05) is 12.1 Å². The second-order valence-electron chi connectivity index (χ2n) is 5.87. The summed E-state index contributed by atoms with van der Waals surface area (Å²) in [6.45, 7) is 5.95. The lowest BCUT2D eigenvalue weighted by atomic mass is 10.1. The Morgan fingerprint density at radius 3 is 2.38 bits per heavy atom. The van der Waals surface area contributed by atoms with Crippen molar-refractivity contribution in [1.29, 1.82) is 0 Å². The zero-order valence-electron chi connectivity index (χ0n) is 14.4. The van der Waals surface area contributed by atoms with Crippen molar-refractivity contribution < 1.29 is 14.7 Å². The Bertz CT molecular complexity index is 737. The number of aromatic carboxylic acids is 1. The van der Waals surface area contributed by atoms with Crippen LogP contribution in [0.3, 0.4) is 0 Å². The molecule has 1 N–H and O–H groups in total. The van der Waals surface area contributed by atoms with Crippen molar-refractivity contribution in [3.05, 3.63) is 51.0 Å². The summed E-state index contributed by atoms with van der Waals surface area (Å²) in [5, 5.41) is 9.90. The van der Waals surface area contributed by atoms with Gasteiger partial charge in [-0.3, -0.25) is 4.79 Å². The number of benzene rings is 1. The SMILES string of the molecule is Cc1nc(C)c(C(C)N(C)C(=O)CCc2ccc(C(=O)O)cc2)s1. The second kappa shape index (κ2) is 7.57. The lowest BCUT2D eigenvalue weighted by molar-refractivity contribution is -0.131. The fourth-order valence-corrected chi connectivity index (χ4v) is 3.59. The number of aryl methyl sites for hydroxylation is 3. The Hall–Kier alpha value is -2.21. The Kier molecular flexibility index (Phi) is 5.72. The summed E-state index contributed by atoms with van der Waals surface area (Å²) < 4.78 is 0. The van der Waals surface area contributed by atoms with Crippen LogP contribution in [-0.4, -0.2) is 33.9 Å². The zero-order valence-corrected chi connectivity index (χ0v) is 15.2. The van der Waals surface area contributed by atoms with E-state index >= 15 is 0 Å². The third-order valence-electron chi connectivity index (χ3n) is 4.12. The number of carbonyl (C=O) groups excluding carboxylic acids is 1. The molecule has 0 fully saturated rings. The lowest BCUT2D eigenvalue weighted by Gasteiger charge is -2.24. The summed E-state index contributed by atoms with van der Waals surface area (Å²) >= 11 is 1.63. The maximum Gasteiger partial charge on any atom is 0.335 e. The van der Waals surface area contributed by atoms with Crippen molar-refractivity contribution in [1.82, 2.24) is 9.88 Å². The summed E-state index contributed by atoms with van der Waals surface area (Å²) in [7, 11) is 1.81. The normalized spacial score (nSPS) is 12.0. The number of rotatable bonds is 6. The van der Waals surface area contributed by atoms with Gasteiger partial charge >= 0.3 is 5.97 Å². The molecule has 5 nitrogen and oxygen atoms in total. The van der Waals surface area contributed by atoms with Gasteiger partial charge in [-0.25, -0.2) is 9.78 Å². The number of carboxylic acid groups (broad SMARTS) is 1. The molecule has 0 radical (unpaired) electrons. The first kappa shape index (κ1) is 18.1. The monoisotopic (exact) mass is 346 g/mol. The quantitative estimate of drug-likeness (QED) is 0.867. The topological polar surface area (TPSA) is 70.5 Å². The maximum atomic E-state index is 12.4. The van der Waals surface area contributed by atoms with Gasteiger partial charge in [0.1, 0.15) is 0 Å². The van der Waals surface area contributed by atoms with Crippen LogP contribution in [-0.2, 0) is 11.2 Å². The van der Waals surface area contributed by atoms with E-state index in [9.17, 15) is 9.59 Å². The van der Waals surface area contributed by atoms with Crippen LogP contribution in [0.2, 0.25) is 0 Å². The minimum atomic E-state index is -0.943. The maximum absolute atomic E-state index is 12.4. The molecule has 0 aliphatic heterocycles. The third kappa shape index (κ3) is 4.20. The van der Waals surface area contributed by atoms with E-state index in [1.165, 1.54) is 0 Å². The number of aromatic nitrogens is 1. The number of thiazole rings is 1. The van der Waals surface area contributed by atoms with Crippen LogP contribution in [0.15, 0.2) is 24.3 Å². The minimum Gasteiger partial charge on any atom is -0.478 e. The predicted molar refractivity (Wildman–Crippen MR) is 94.5 cm³/mol. The summed E-state index contributed by atoms with van der Waals surface area (Å²) in [6.07, 6.45) is 0.987. The van der Waals surface area contributed by atoms with Gasteiger partial charge in [-0.15, -0.1) is 11.3 Å². The Morgan fingerprint density at radius 2 is 1.88 bits per heavy atom. The van der Waals surface area contributed by atoms with E-state index < -0.39 is 5.97 Å². The highest BCUT2D eigenvalue weighted by Gasteiger charge is 2.21. The van der Waals surface area contributed by atoms with E-state index in [0.717, 1.165) is 21.1 Å². The van der Waals surface area contributed by atoms with Gasteiger partial charge in [-0.05, 0) is 44.9 Å². The highest BCUT2D eigenvalue weighted by Crippen LogP contribution is 2.28. The molecule has 2 rings (SSSR count). The van der Waals surface area contributed by atoms with E-state index in [1.807, 2.05) is 27.8 Å². The number of amides is 1. The van der Waals surface area contributed by atoms with Crippen molar-refractivity contribution in [2.75, 3.05) is 7.05 Å². The molecule has 0 aliphatic rings. The first-order valence-corrected chi connectivity index (χ1v) is 8.63. The Balaban J connectivity index is 1.96. The van der Waals surface area contributed by atoms with E-state index in [0.29, 0.717) is 12.8 Å². The number of carbonyl (C=O) groups is 2. The highest BCUT2D eigenvalue weighted by atomic mass is 32.1. The predicted octanol–water partition coefficient (Wildman–Crippen LogP) is 3.61.